The average molecular weight is 523 g/mol. The van der Waals surface area contributed by atoms with E-state index in [4.69, 9.17) is 14.1 Å². The molecule has 1 aliphatic carbocycles. The number of nitrogens with zero attached hydrogens (tertiary/aromatic N) is 2. The smallest absolute Gasteiger partial charge is 0.254 e. The molecule has 5 aromatic rings. The Balaban J connectivity index is 1.22. The van der Waals surface area contributed by atoms with Crippen molar-refractivity contribution in [1.82, 2.24) is 9.55 Å². The molecule has 0 unspecified atom stereocenters. The van der Waals surface area contributed by atoms with Crippen LogP contribution >= 0.6 is 0 Å². The number of aliphatic hydroxyl groups is 1. The molecule has 0 saturated carbocycles. The Kier molecular flexibility index (Phi) is 5.03. The molecule has 0 radical (unpaired) electrons. The van der Waals surface area contributed by atoms with Gasteiger partial charge in [0.15, 0.2) is 17.1 Å². The number of Topliss-reactive ketones (excluding diaryl/α,β-unsaturated/α-hetero) is 1. The number of aromatic hydroxyl groups is 1. The van der Waals surface area contributed by atoms with E-state index in [1.165, 1.54) is 0 Å². The summed E-state index contributed by atoms with van der Waals surface area (Å²) in [6.45, 7) is 4.25. The van der Waals surface area contributed by atoms with Crippen molar-refractivity contribution < 1.29 is 24.2 Å². The fraction of sp³-hybridized carbons (Fsp3) is 0.258. The van der Waals surface area contributed by atoms with Crippen LogP contribution in [0.3, 0.4) is 0 Å². The van der Waals surface area contributed by atoms with Crippen molar-refractivity contribution in [2.24, 2.45) is 0 Å². The van der Waals surface area contributed by atoms with Crippen LogP contribution in [0, 0.1) is 6.92 Å². The van der Waals surface area contributed by atoms with Crippen LogP contribution < -0.4 is 10.3 Å². The number of phenols is 1. The Morgan fingerprint density at radius 1 is 1.08 bits per heavy atom. The fourth-order valence-corrected chi connectivity index (χ4v) is 6.00. The molecular weight excluding hydrogens is 496 g/mol. The number of aryl methyl sites for hydroxylation is 1. The van der Waals surface area contributed by atoms with E-state index in [-0.39, 0.29) is 36.5 Å². The number of benzene rings is 2. The molecule has 8 nitrogen and oxygen atoms in total. The van der Waals surface area contributed by atoms with Crippen molar-refractivity contribution in [2.75, 3.05) is 0 Å². The molecule has 0 bridgehead atoms. The minimum atomic E-state index is -1.63. The summed E-state index contributed by atoms with van der Waals surface area (Å²) in [6, 6.07) is 14.9. The van der Waals surface area contributed by atoms with Gasteiger partial charge in [0.2, 0.25) is 0 Å². The average Bonchev–Trinajstić information content (AvgIpc) is 3.50. The van der Waals surface area contributed by atoms with E-state index in [0.29, 0.717) is 52.6 Å². The molecule has 0 spiro atoms. The van der Waals surface area contributed by atoms with E-state index in [2.05, 4.69) is 0 Å². The predicted molar refractivity (Wildman–Crippen MR) is 145 cm³/mol. The second-order valence-electron chi connectivity index (χ2n) is 10.5. The third-order valence-electron chi connectivity index (χ3n) is 8.03. The van der Waals surface area contributed by atoms with Gasteiger partial charge < -0.3 is 23.9 Å². The molecule has 7 rings (SSSR count). The van der Waals surface area contributed by atoms with E-state index < -0.39 is 5.60 Å². The quantitative estimate of drug-likeness (QED) is 0.339. The first kappa shape index (κ1) is 23.7. The minimum absolute atomic E-state index is 0.105. The number of carbonyl (C=O) groups is 1. The maximum absolute atomic E-state index is 13.4. The molecule has 2 aliphatic rings. The molecule has 4 heterocycles. The number of pyridine rings is 2. The molecular formula is C31H26N2O6. The van der Waals surface area contributed by atoms with Gasteiger partial charge >= 0.3 is 0 Å². The lowest BCUT2D eigenvalue weighted by Gasteiger charge is -2.32. The fourth-order valence-electron chi connectivity index (χ4n) is 6.00. The third kappa shape index (κ3) is 3.51. The first-order valence-electron chi connectivity index (χ1n) is 13.1. The lowest BCUT2D eigenvalue weighted by Crippen LogP contribution is -2.43. The van der Waals surface area contributed by atoms with Gasteiger partial charge in [-0.05, 0) is 73.9 Å². The van der Waals surface area contributed by atoms with Gasteiger partial charge in [-0.15, -0.1) is 0 Å². The van der Waals surface area contributed by atoms with Crippen LogP contribution in [0.25, 0.3) is 33.3 Å². The van der Waals surface area contributed by atoms with E-state index in [1.54, 1.807) is 23.6 Å². The second kappa shape index (κ2) is 8.28. The summed E-state index contributed by atoms with van der Waals surface area (Å²) in [7, 11) is 0. The molecule has 2 aromatic carbocycles. The number of fused-ring (bicyclic) bond motifs is 6. The van der Waals surface area contributed by atoms with E-state index in [0.717, 1.165) is 27.4 Å². The van der Waals surface area contributed by atoms with Gasteiger partial charge in [-0.3, -0.25) is 9.59 Å². The van der Waals surface area contributed by atoms with E-state index in [9.17, 15) is 19.8 Å². The van der Waals surface area contributed by atoms with Crippen LogP contribution in [0.2, 0.25) is 0 Å². The number of aromatic nitrogens is 2. The van der Waals surface area contributed by atoms with Gasteiger partial charge in [-0.25, -0.2) is 4.98 Å². The number of carbonyl (C=O) groups excluding carboxylic acids is 1. The zero-order chi connectivity index (χ0) is 27.1. The lowest BCUT2D eigenvalue weighted by molar-refractivity contribution is -0.140. The van der Waals surface area contributed by atoms with Gasteiger partial charge in [-0.1, -0.05) is 6.92 Å². The summed E-state index contributed by atoms with van der Waals surface area (Å²) in [5.74, 6) is 1.10. The molecule has 8 heteroatoms. The van der Waals surface area contributed by atoms with Crippen molar-refractivity contribution in [3.8, 4) is 22.9 Å². The van der Waals surface area contributed by atoms with Gasteiger partial charge in [0.1, 0.15) is 23.7 Å². The highest BCUT2D eigenvalue weighted by molar-refractivity contribution is 5.91. The monoisotopic (exact) mass is 522 g/mol. The predicted octanol–water partition coefficient (Wildman–Crippen LogP) is 4.88. The SMILES string of the molecule is CC[C@@]1(O)C(=O)CCc2c1cc1n(c2=O)Cc2cc3cc(OCc4cc5cc(C)cc(O)c5o4)ccc3nc2-1. The normalized spacial score (nSPS) is 17.9. The summed E-state index contributed by atoms with van der Waals surface area (Å²) in [4.78, 5) is 30.9. The molecule has 0 saturated heterocycles. The highest BCUT2D eigenvalue weighted by Crippen LogP contribution is 2.39. The zero-order valence-corrected chi connectivity index (χ0v) is 21.6. The molecule has 0 amide bonds. The van der Waals surface area contributed by atoms with Crippen LogP contribution in [-0.4, -0.2) is 25.5 Å². The van der Waals surface area contributed by atoms with Crippen molar-refractivity contribution >= 4 is 27.7 Å². The first-order valence-corrected chi connectivity index (χ1v) is 13.1. The minimum Gasteiger partial charge on any atom is -0.504 e. The Labute approximate surface area is 223 Å². The van der Waals surface area contributed by atoms with Gasteiger partial charge in [0.25, 0.3) is 5.56 Å². The standard InChI is InChI=1S/C31H26N2O6/c1-3-31(37)23-13-25-28-19(14-33(25)30(36)22(23)5-7-27(31)35)10-17-11-20(4-6-24(17)32-28)38-15-21-12-18-8-16(2)9-26(34)29(18)39-21/h4,6,8-13,34,37H,3,5,7,14-15H2,1-2H3/t31-/m0/s1. The molecule has 1 aliphatic heterocycles. The van der Waals surface area contributed by atoms with Crippen LogP contribution in [0.15, 0.2) is 57.7 Å². The topological polar surface area (TPSA) is 115 Å². The number of ether oxygens (including phenoxy) is 1. The Bertz CT molecular complexity index is 1920. The second-order valence-corrected chi connectivity index (χ2v) is 10.5. The van der Waals surface area contributed by atoms with E-state index >= 15 is 0 Å². The number of furan rings is 1. The lowest BCUT2D eigenvalue weighted by atomic mass is 9.77. The number of hydrogen-bond acceptors (Lipinski definition) is 7. The number of phenolic OH excluding ortho intramolecular Hbond substituents is 1. The van der Waals surface area contributed by atoms with Crippen molar-refractivity contribution in [3.63, 3.8) is 0 Å². The van der Waals surface area contributed by atoms with Gasteiger partial charge in [0.05, 0.1) is 23.4 Å². The van der Waals surface area contributed by atoms with Crippen molar-refractivity contribution in [2.45, 2.75) is 51.9 Å². The molecule has 3 aromatic heterocycles. The van der Waals surface area contributed by atoms with Crippen molar-refractivity contribution in [3.05, 3.63) is 86.9 Å². The molecule has 0 fully saturated rings. The maximum atomic E-state index is 13.4. The van der Waals surface area contributed by atoms with Crippen LogP contribution in [-0.2, 0) is 30.0 Å². The molecule has 1 atom stereocenters. The molecule has 196 valence electrons. The van der Waals surface area contributed by atoms with Gasteiger partial charge in [-0.2, -0.15) is 0 Å². The van der Waals surface area contributed by atoms with Crippen LogP contribution in [0.5, 0.6) is 11.5 Å². The Morgan fingerprint density at radius 3 is 2.74 bits per heavy atom. The van der Waals surface area contributed by atoms with Crippen molar-refractivity contribution in [1.29, 1.82) is 0 Å². The molecule has 39 heavy (non-hydrogen) atoms. The summed E-state index contributed by atoms with van der Waals surface area (Å²) < 4.78 is 13.5. The highest BCUT2D eigenvalue weighted by Gasteiger charge is 2.43. The zero-order valence-electron chi connectivity index (χ0n) is 21.6. The Morgan fingerprint density at radius 2 is 1.92 bits per heavy atom. The summed E-state index contributed by atoms with van der Waals surface area (Å²) in [5.41, 5.74) is 3.48. The first-order chi connectivity index (χ1) is 18.7. The summed E-state index contributed by atoms with van der Waals surface area (Å²) in [5, 5.41) is 23.0. The number of ketones is 1. The summed E-state index contributed by atoms with van der Waals surface area (Å²) >= 11 is 0. The maximum Gasteiger partial charge on any atom is 0.254 e. The van der Waals surface area contributed by atoms with Crippen LogP contribution in [0.1, 0.15) is 47.8 Å². The number of rotatable bonds is 4. The van der Waals surface area contributed by atoms with Crippen LogP contribution in [0.4, 0.5) is 0 Å². The third-order valence-corrected chi connectivity index (χ3v) is 8.03. The Hall–Kier alpha value is -4.43. The van der Waals surface area contributed by atoms with Gasteiger partial charge in [0, 0.05) is 33.9 Å². The van der Waals surface area contributed by atoms with E-state index in [1.807, 2.05) is 43.3 Å². The highest BCUT2D eigenvalue weighted by atomic mass is 16.5. The molecule has 2 N–H and O–H groups in total. The largest absolute Gasteiger partial charge is 0.504 e. The summed E-state index contributed by atoms with van der Waals surface area (Å²) in [6.07, 6.45) is 0.725. The number of hydrogen-bond donors (Lipinski definition) is 2.